The monoisotopic (exact) mass is 574 g/mol. The Kier molecular flexibility index (Phi) is 4.92. The Morgan fingerprint density at radius 1 is 0.578 bits per heavy atom. The van der Waals surface area contributed by atoms with Gasteiger partial charge in [-0.15, -0.1) is 10.9 Å². The number of aromatic nitrogens is 4. The Morgan fingerprint density at radius 3 is 2.00 bits per heavy atom. The van der Waals surface area contributed by atoms with Gasteiger partial charge in [0.1, 0.15) is 6.20 Å². The van der Waals surface area contributed by atoms with E-state index in [0.29, 0.717) is 0 Å². The lowest BCUT2D eigenvalue weighted by Gasteiger charge is -2.43. The summed E-state index contributed by atoms with van der Waals surface area (Å²) in [4.78, 5) is 8.85. The van der Waals surface area contributed by atoms with Gasteiger partial charge in [0.2, 0.25) is 0 Å². The van der Waals surface area contributed by atoms with Crippen LogP contribution in [0.5, 0.6) is 0 Å². The molecule has 0 spiro atoms. The minimum Gasteiger partial charge on any atom is -0.446 e. The molecule has 4 nitrogen and oxygen atoms in total. The summed E-state index contributed by atoms with van der Waals surface area (Å²) in [6.07, 6.45) is 2.47. The fourth-order valence-electron chi connectivity index (χ4n) is 8.37. The van der Waals surface area contributed by atoms with Crippen molar-refractivity contribution in [3.63, 3.8) is 0 Å². The van der Waals surface area contributed by atoms with Crippen molar-refractivity contribution in [3.8, 4) is 22.5 Å². The first-order valence-electron chi connectivity index (χ1n) is 15.6. The lowest BCUT2D eigenvalue weighted by molar-refractivity contribution is -0.532. The van der Waals surface area contributed by atoms with Gasteiger partial charge in [-0.05, 0) is 30.3 Å². The van der Waals surface area contributed by atoms with Crippen molar-refractivity contribution >= 4 is 61.0 Å². The maximum absolute atomic E-state index is 4.98. The molecule has 5 heteroatoms. The van der Waals surface area contributed by atoms with Crippen LogP contribution in [0.3, 0.4) is 0 Å². The fraction of sp³-hybridized carbons (Fsp3) is 0. The van der Waals surface area contributed by atoms with E-state index < -0.39 is 6.42 Å². The van der Waals surface area contributed by atoms with Crippen molar-refractivity contribution in [1.29, 1.82) is 0 Å². The smallest absolute Gasteiger partial charge is 0.435 e. The van der Waals surface area contributed by atoms with E-state index in [1.54, 1.807) is 0 Å². The fourth-order valence-corrected chi connectivity index (χ4v) is 8.37. The molecule has 210 valence electrons. The molecule has 0 saturated heterocycles. The third-order valence-electron chi connectivity index (χ3n) is 9.98. The predicted molar refractivity (Wildman–Crippen MR) is 186 cm³/mol. The maximum atomic E-state index is 4.98. The van der Waals surface area contributed by atoms with E-state index in [2.05, 4.69) is 160 Å². The summed E-state index contributed by atoms with van der Waals surface area (Å²) in [5.74, 6) is 0. The molecular formula is C40H27BN4. The lowest BCUT2D eigenvalue weighted by Crippen LogP contribution is -2.84. The van der Waals surface area contributed by atoms with Crippen molar-refractivity contribution < 1.29 is 4.48 Å². The van der Waals surface area contributed by atoms with Crippen LogP contribution in [0.2, 0.25) is 0 Å². The Hall–Kier alpha value is -5.94. The van der Waals surface area contributed by atoms with Crippen LogP contribution in [0.25, 0.3) is 66.1 Å². The molecule has 0 aliphatic carbocycles. The zero-order chi connectivity index (χ0) is 29.5. The Bertz CT molecular complexity index is 2550. The van der Waals surface area contributed by atoms with Gasteiger partial charge in [0.05, 0.1) is 16.8 Å². The molecule has 45 heavy (non-hydrogen) atoms. The van der Waals surface area contributed by atoms with Crippen molar-refractivity contribution in [2.45, 2.75) is 0 Å². The number of rotatable bonds is 3. The van der Waals surface area contributed by atoms with Crippen LogP contribution in [0.4, 0.5) is 0 Å². The molecule has 4 aromatic heterocycles. The number of fused-ring (bicyclic) bond motifs is 9. The number of para-hydroxylation sites is 2. The minimum absolute atomic E-state index is 0.965. The van der Waals surface area contributed by atoms with Gasteiger partial charge < -0.3 is 13.9 Å². The third kappa shape index (κ3) is 3.07. The topological polar surface area (TPSA) is 37.5 Å². The zero-order valence-electron chi connectivity index (χ0n) is 24.4. The normalized spacial score (nSPS) is 13.5. The van der Waals surface area contributed by atoms with Crippen molar-refractivity contribution in [2.24, 2.45) is 0 Å². The standard InChI is InChI=1S/C40H27BN4/c1-3-15-27(16-4-1)41(28-17-5-2-6-18-28)44-26-14-12-24-34(44)38-35-29-19-7-9-21-31(29)43-39(35)37(32-22-11-13-25-42-32)36-30-20-8-10-23-33(30)45(41)40(36)38/h1-26,43H. The molecule has 0 radical (unpaired) electrons. The number of nitrogens with one attached hydrogen (secondary N) is 1. The highest BCUT2D eigenvalue weighted by molar-refractivity contribution is 6.96. The second kappa shape index (κ2) is 9.04. The second-order valence-electron chi connectivity index (χ2n) is 12.1. The van der Waals surface area contributed by atoms with Crippen molar-refractivity contribution in [2.75, 3.05) is 0 Å². The molecule has 0 fully saturated rings. The Balaban J connectivity index is 1.58. The van der Waals surface area contributed by atoms with E-state index in [0.717, 1.165) is 22.3 Å². The minimum atomic E-state index is -1.72. The molecule has 0 bridgehead atoms. The van der Waals surface area contributed by atoms with Crippen LogP contribution >= 0.6 is 0 Å². The number of benzene rings is 5. The molecule has 5 aromatic carbocycles. The van der Waals surface area contributed by atoms with Gasteiger partial charge in [-0.1, -0.05) is 109 Å². The summed E-state index contributed by atoms with van der Waals surface area (Å²) in [5, 5.41) is 4.90. The molecule has 0 unspecified atom stereocenters. The number of aromatic amines is 1. The molecule has 1 N–H and O–H groups in total. The van der Waals surface area contributed by atoms with E-state index in [-0.39, 0.29) is 0 Å². The van der Waals surface area contributed by atoms with Crippen LogP contribution in [0.1, 0.15) is 0 Å². The van der Waals surface area contributed by atoms with Gasteiger partial charge in [-0.2, -0.15) is 0 Å². The highest BCUT2D eigenvalue weighted by atomic mass is 15.1. The average Bonchev–Trinajstić information content (AvgIpc) is 3.67. The number of H-pyrrole nitrogens is 1. The van der Waals surface area contributed by atoms with Crippen LogP contribution in [0.15, 0.2) is 158 Å². The Morgan fingerprint density at radius 2 is 1.24 bits per heavy atom. The molecule has 0 atom stereocenters. The third-order valence-corrected chi connectivity index (χ3v) is 9.98. The van der Waals surface area contributed by atoms with E-state index in [1.807, 2.05) is 12.3 Å². The molecule has 0 saturated carbocycles. The van der Waals surface area contributed by atoms with Gasteiger partial charge in [0.15, 0.2) is 5.69 Å². The summed E-state index contributed by atoms with van der Waals surface area (Å²) in [5.41, 5.74) is 11.8. The summed E-state index contributed by atoms with van der Waals surface area (Å²) in [6, 6.07) is 52.6. The molecule has 0 amide bonds. The number of pyridine rings is 2. The summed E-state index contributed by atoms with van der Waals surface area (Å²) >= 11 is 0. The zero-order valence-corrected chi connectivity index (χ0v) is 24.4. The van der Waals surface area contributed by atoms with Gasteiger partial charge in [0.25, 0.3) is 0 Å². The van der Waals surface area contributed by atoms with E-state index in [9.17, 15) is 0 Å². The van der Waals surface area contributed by atoms with Gasteiger partial charge in [-0.3, -0.25) is 4.98 Å². The van der Waals surface area contributed by atoms with Gasteiger partial charge in [-0.25, -0.2) is 0 Å². The lowest BCUT2D eigenvalue weighted by atomic mass is 9.35. The number of nitrogens with zero attached hydrogens (tertiary/aromatic N) is 3. The summed E-state index contributed by atoms with van der Waals surface area (Å²) in [7, 11) is 0. The first-order valence-corrected chi connectivity index (χ1v) is 15.6. The van der Waals surface area contributed by atoms with Crippen molar-refractivity contribution in [3.05, 3.63) is 158 Å². The predicted octanol–water partition coefficient (Wildman–Crippen LogP) is 7.41. The first-order chi connectivity index (χ1) is 22.4. The largest absolute Gasteiger partial charge is 0.446 e. The van der Waals surface area contributed by atoms with Gasteiger partial charge in [0, 0.05) is 55.9 Å². The summed E-state index contributed by atoms with van der Waals surface area (Å²) < 4.78 is 5.23. The Labute approximate surface area is 259 Å². The SMILES string of the molecule is c1ccc([B-]2(c3ccccc3)n3c4ccccc4c4c(-c5ccccn5)c5[nH]c6ccccc6c5c(c43)-c3cccc[n+]32)cc1. The highest BCUT2D eigenvalue weighted by Crippen LogP contribution is 2.50. The molecular weight excluding hydrogens is 547 g/mol. The quantitative estimate of drug-likeness (QED) is 0.219. The van der Waals surface area contributed by atoms with Crippen LogP contribution in [-0.2, 0) is 0 Å². The molecule has 1 aliphatic heterocycles. The average molecular weight is 574 g/mol. The molecule has 10 rings (SSSR count). The number of hydrogen-bond donors (Lipinski definition) is 1. The van der Waals surface area contributed by atoms with E-state index >= 15 is 0 Å². The van der Waals surface area contributed by atoms with Crippen LogP contribution in [-0.4, -0.2) is 20.9 Å². The summed E-state index contributed by atoms with van der Waals surface area (Å²) in [6.45, 7) is 0. The van der Waals surface area contributed by atoms with E-state index in [4.69, 9.17) is 4.98 Å². The van der Waals surface area contributed by atoms with Crippen LogP contribution in [0, 0.1) is 0 Å². The molecule has 9 aromatic rings. The van der Waals surface area contributed by atoms with Crippen LogP contribution < -0.4 is 15.4 Å². The molecule has 1 aliphatic rings. The first kappa shape index (κ1) is 24.5. The maximum Gasteiger partial charge on any atom is 0.435 e. The van der Waals surface area contributed by atoms with E-state index in [1.165, 1.54) is 54.8 Å². The molecule has 5 heterocycles. The van der Waals surface area contributed by atoms with Crippen molar-refractivity contribution in [1.82, 2.24) is 14.4 Å². The highest BCUT2D eigenvalue weighted by Gasteiger charge is 2.50. The second-order valence-corrected chi connectivity index (χ2v) is 12.1. The van der Waals surface area contributed by atoms with Gasteiger partial charge >= 0.3 is 6.42 Å². The number of hydrogen-bond acceptors (Lipinski definition) is 1.